The fourth-order valence-electron chi connectivity index (χ4n) is 2.59. The van der Waals surface area contributed by atoms with Crippen molar-refractivity contribution >= 4 is 16.8 Å². The maximum atomic E-state index is 12.4. The topological polar surface area (TPSA) is 136 Å². The monoisotopic (exact) mass is 406 g/mol. The summed E-state index contributed by atoms with van der Waals surface area (Å²) >= 11 is 0. The Morgan fingerprint density at radius 1 is 1.14 bits per heavy atom. The van der Waals surface area contributed by atoms with Gasteiger partial charge in [-0.15, -0.1) is 10.1 Å². The molecule has 0 unspecified atom stereocenters. The maximum Gasteiger partial charge on any atom is 0.294 e. The minimum Gasteiger partial charge on any atom is -0.493 e. The van der Waals surface area contributed by atoms with Crippen LogP contribution >= 0.6 is 0 Å². The minimum absolute atomic E-state index is 0.0842. The van der Waals surface area contributed by atoms with Crippen molar-refractivity contribution in [1.82, 2.24) is 15.6 Å². The molecule has 0 saturated carbocycles. The average molecular weight is 406 g/mol. The Labute approximate surface area is 168 Å². The Morgan fingerprint density at radius 2 is 1.90 bits per heavy atom. The van der Waals surface area contributed by atoms with Crippen LogP contribution < -0.4 is 15.4 Å². The zero-order chi connectivity index (χ0) is 20.9. The minimum atomic E-state index is -0.863. The van der Waals surface area contributed by atoms with Crippen LogP contribution in [0.15, 0.2) is 30.3 Å². The van der Waals surface area contributed by atoms with Crippen LogP contribution in [0.25, 0.3) is 10.9 Å². The van der Waals surface area contributed by atoms with Gasteiger partial charge in [0, 0.05) is 24.6 Å². The van der Waals surface area contributed by atoms with Gasteiger partial charge < -0.3 is 25.3 Å². The van der Waals surface area contributed by atoms with Gasteiger partial charge in [0.05, 0.1) is 18.7 Å². The van der Waals surface area contributed by atoms with E-state index in [1.807, 2.05) is 18.2 Å². The van der Waals surface area contributed by atoms with E-state index in [9.17, 15) is 14.9 Å². The molecule has 3 N–H and O–H groups in total. The summed E-state index contributed by atoms with van der Waals surface area (Å²) in [6, 6.07) is 9.00. The van der Waals surface area contributed by atoms with Crippen LogP contribution in [0.4, 0.5) is 0 Å². The van der Waals surface area contributed by atoms with Crippen molar-refractivity contribution in [2.75, 3.05) is 39.5 Å². The van der Waals surface area contributed by atoms with Crippen molar-refractivity contribution in [3.63, 3.8) is 0 Å². The lowest BCUT2D eigenvalue weighted by Crippen LogP contribution is -2.26. The number of rotatable bonds is 14. The van der Waals surface area contributed by atoms with Gasteiger partial charge >= 0.3 is 0 Å². The predicted octanol–water partition coefficient (Wildman–Crippen LogP) is 1.30. The van der Waals surface area contributed by atoms with E-state index in [-0.39, 0.29) is 31.4 Å². The number of amides is 1. The highest BCUT2D eigenvalue weighted by molar-refractivity contribution is 5.97. The number of carbonyl (C=O) groups is 1. The first-order valence-corrected chi connectivity index (χ1v) is 9.51. The van der Waals surface area contributed by atoms with Crippen LogP contribution in [0, 0.1) is 10.1 Å². The summed E-state index contributed by atoms with van der Waals surface area (Å²) in [5, 5.41) is 24.7. The molecule has 0 aliphatic heterocycles. The molecule has 29 heavy (non-hydrogen) atoms. The zero-order valence-corrected chi connectivity index (χ0v) is 16.1. The Balaban J connectivity index is 1.93. The van der Waals surface area contributed by atoms with Gasteiger partial charge in [-0.05, 0) is 44.5 Å². The number of nitrogens with one attached hydrogen (secondary N) is 2. The second kappa shape index (κ2) is 12.5. The summed E-state index contributed by atoms with van der Waals surface area (Å²) in [7, 11) is 0. The molecule has 1 heterocycles. The maximum absolute atomic E-state index is 12.4. The number of hydrogen-bond donors (Lipinski definition) is 3. The van der Waals surface area contributed by atoms with Crippen LogP contribution in [0.1, 0.15) is 29.8 Å². The Hall–Kier alpha value is -2.98. The van der Waals surface area contributed by atoms with Gasteiger partial charge in [0.15, 0.2) is 0 Å². The molecular weight excluding hydrogens is 380 g/mol. The Kier molecular flexibility index (Phi) is 9.60. The van der Waals surface area contributed by atoms with E-state index < -0.39 is 5.09 Å². The third-order valence-corrected chi connectivity index (χ3v) is 3.98. The first kappa shape index (κ1) is 22.3. The smallest absolute Gasteiger partial charge is 0.294 e. The van der Waals surface area contributed by atoms with E-state index in [0.717, 1.165) is 24.9 Å². The molecule has 10 heteroatoms. The van der Waals surface area contributed by atoms with Crippen molar-refractivity contribution < 1.29 is 24.6 Å². The number of aliphatic hydroxyl groups is 1. The highest BCUT2D eigenvalue weighted by Gasteiger charge is 2.12. The van der Waals surface area contributed by atoms with E-state index in [1.165, 1.54) is 0 Å². The highest BCUT2D eigenvalue weighted by atomic mass is 16.9. The third-order valence-electron chi connectivity index (χ3n) is 3.98. The molecule has 0 aliphatic carbocycles. The summed E-state index contributed by atoms with van der Waals surface area (Å²) in [5.41, 5.74) is 0.864. The second-order valence-corrected chi connectivity index (χ2v) is 6.22. The number of aromatic nitrogens is 1. The van der Waals surface area contributed by atoms with Crippen LogP contribution in [-0.4, -0.2) is 60.5 Å². The first-order chi connectivity index (χ1) is 14.1. The fourth-order valence-corrected chi connectivity index (χ4v) is 2.59. The van der Waals surface area contributed by atoms with E-state index in [4.69, 9.17) is 9.84 Å². The molecule has 1 amide bonds. The number of aliphatic hydroxyl groups excluding tert-OH is 1. The molecule has 0 radical (unpaired) electrons. The summed E-state index contributed by atoms with van der Waals surface area (Å²) < 4.78 is 5.88. The van der Waals surface area contributed by atoms with Gasteiger partial charge in [0.1, 0.15) is 11.4 Å². The van der Waals surface area contributed by atoms with E-state index in [1.54, 1.807) is 12.1 Å². The van der Waals surface area contributed by atoms with Gasteiger partial charge in [0.2, 0.25) is 0 Å². The fraction of sp³-hybridized carbons (Fsp3) is 0.474. The number of carbonyl (C=O) groups excluding carboxylic acids is 1. The number of benzene rings is 1. The first-order valence-electron chi connectivity index (χ1n) is 9.51. The van der Waals surface area contributed by atoms with E-state index in [2.05, 4.69) is 20.5 Å². The molecule has 1 aromatic heterocycles. The van der Waals surface area contributed by atoms with Gasteiger partial charge in [-0.2, -0.15) is 0 Å². The Bertz CT molecular complexity index is 801. The quantitative estimate of drug-likeness (QED) is 0.243. The SMILES string of the molecule is O=C(NCCCO[N+](=O)[O-])c1cc(OCCCNCCCO)c2ccccc2n1. The highest BCUT2D eigenvalue weighted by Crippen LogP contribution is 2.25. The molecule has 0 fully saturated rings. The van der Waals surface area contributed by atoms with E-state index >= 15 is 0 Å². The van der Waals surface area contributed by atoms with Crippen molar-refractivity contribution in [3.8, 4) is 5.75 Å². The summed E-state index contributed by atoms with van der Waals surface area (Å²) in [6.45, 7) is 2.31. The molecule has 0 atom stereocenters. The number of hydrogen-bond acceptors (Lipinski definition) is 8. The molecular formula is C19H26N4O6. The Morgan fingerprint density at radius 3 is 2.69 bits per heavy atom. The number of pyridine rings is 1. The van der Waals surface area contributed by atoms with Gasteiger partial charge in [-0.25, -0.2) is 4.98 Å². The average Bonchev–Trinajstić information content (AvgIpc) is 2.72. The molecule has 0 spiro atoms. The number of nitrogens with zero attached hydrogens (tertiary/aromatic N) is 2. The van der Waals surface area contributed by atoms with Crippen LogP contribution in [0.2, 0.25) is 0 Å². The van der Waals surface area contributed by atoms with E-state index in [0.29, 0.717) is 30.7 Å². The van der Waals surface area contributed by atoms with Crippen LogP contribution in [0.5, 0.6) is 5.75 Å². The molecule has 0 bridgehead atoms. The summed E-state index contributed by atoms with van der Waals surface area (Å²) in [5.74, 6) is 0.195. The summed E-state index contributed by atoms with van der Waals surface area (Å²) in [6.07, 6.45) is 1.81. The van der Waals surface area contributed by atoms with Gasteiger partial charge in [-0.3, -0.25) is 4.79 Å². The van der Waals surface area contributed by atoms with Crippen molar-refractivity contribution in [3.05, 3.63) is 46.1 Å². The molecule has 0 aliphatic rings. The van der Waals surface area contributed by atoms with Gasteiger partial charge in [0.25, 0.3) is 11.0 Å². The summed E-state index contributed by atoms with van der Waals surface area (Å²) in [4.78, 5) is 31.1. The predicted molar refractivity (Wildman–Crippen MR) is 106 cm³/mol. The largest absolute Gasteiger partial charge is 0.493 e. The number of ether oxygens (including phenoxy) is 1. The molecule has 2 aromatic rings. The molecule has 158 valence electrons. The number of fused-ring (bicyclic) bond motifs is 1. The third kappa shape index (κ3) is 7.88. The lowest BCUT2D eigenvalue weighted by atomic mass is 10.1. The van der Waals surface area contributed by atoms with Crippen molar-refractivity contribution in [1.29, 1.82) is 0 Å². The normalized spacial score (nSPS) is 10.7. The van der Waals surface area contributed by atoms with Crippen LogP contribution in [0.3, 0.4) is 0 Å². The molecule has 10 nitrogen and oxygen atoms in total. The zero-order valence-electron chi connectivity index (χ0n) is 16.1. The number of para-hydroxylation sites is 1. The van der Waals surface area contributed by atoms with Gasteiger partial charge in [-0.1, -0.05) is 12.1 Å². The standard InChI is InChI=1S/C19H26N4O6/c24-11-3-8-20-9-4-12-28-18-14-17(22-16-7-2-1-6-15(16)18)19(25)21-10-5-13-29-23(26)27/h1-2,6-7,14,20,24H,3-5,8-13H2,(H,21,25). The lowest BCUT2D eigenvalue weighted by molar-refractivity contribution is -0.757. The van der Waals surface area contributed by atoms with Crippen molar-refractivity contribution in [2.24, 2.45) is 0 Å². The molecule has 0 saturated heterocycles. The van der Waals surface area contributed by atoms with Crippen LogP contribution in [-0.2, 0) is 4.84 Å². The lowest BCUT2D eigenvalue weighted by Gasteiger charge is -2.12. The second-order valence-electron chi connectivity index (χ2n) is 6.22. The molecule has 1 aromatic carbocycles. The van der Waals surface area contributed by atoms with Crippen molar-refractivity contribution in [2.45, 2.75) is 19.3 Å². The molecule has 2 rings (SSSR count).